The van der Waals surface area contributed by atoms with Crippen LogP contribution in [0.5, 0.6) is 0 Å². The van der Waals surface area contributed by atoms with Gasteiger partial charge in [-0.05, 0) is 42.3 Å². The van der Waals surface area contributed by atoms with Crippen LogP contribution in [-0.4, -0.2) is 0 Å². The van der Waals surface area contributed by atoms with E-state index in [1.54, 1.807) is 11.8 Å². The van der Waals surface area contributed by atoms with Gasteiger partial charge in [0.05, 0.1) is 10.7 Å². The molecule has 2 nitrogen and oxygen atoms in total. The molecule has 5 heteroatoms. The molecule has 100 valence electrons. The third kappa shape index (κ3) is 3.80. The predicted octanol–water partition coefficient (Wildman–Crippen LogP) is 4.88. The molecule has 3 N–H and O–H groups in total. The number of benzene rings is 2. The molecule has 0 aliphatic rings. The predicted molar refractivity (Wildman–Crippen MR) is 85.0 cm³/mol. The van der Waals surface area contributed by atoms with Crippen LogP contribution < -0.4 is 11.3 Å². The zero-order chi connectivity index (χ0) is 13.8. The van der Waals surface area contributed by atoms with Gasteiger partial charge in [0.2, 0.25) is 0 Å². The van der Waals surface area contributed by atoms with Gasteiger partial charge < -0.3 is 5.43 Å². The van der Waals surface area contributed by atoms with Crippen LogP contribution in [0.3, 0.4) is 0 Å². The van der Waals surface area contributed by atoms with Gasteiger partial charge in [-0.1, -0.05) is 35.3 Å². The van der Waals surface area contributed by atoms with Crippen molar-refractivity contribution in [2.75, 3.05) is 5.43 Å². The first-order valence-electron chi connectivity index (χ1n) is 5.74. The average Bonchev–Trinajstić information content (AvgIpc) is 2.39. The average molecular weight is 313 g/mol. The largest absolute Gasteiger partial charge is 0.324 e. The SMILES string of the molecule is Cc1cc(NN)cc(Cl)c1SCc1ccc(Cl)cc1. The number of aryl methyl sites for hydroxylation is 1. The van der Waals surface area contributed by atoms with Crippen molar-refractivity contribution in [2.45, 2.75) is 17.6 Å². The van der Waals surface area contributed by atoms with Gasteiger partial charge in [-0.3, -0.25) is 5.84 Å². The minimum absolute atomic E-state index is 0.715. The van der Waals surface area contributed by atoms with E-state index in [-0.39, 0.29) is 0 Å². The normalized spacial score (nSPS) is 10.5. The minimum Gasteiger partial charge on any atom is -0.324 e. The lowest BCUT2D eigenvalue weighted by Crippen LogP contribution is -2.06. The van der Waals surface area contributed by atoms with Crippen LogP contribution in [-0.2, 0) is 5.75 Å². The molecule has 0 fully saturated rings. The van der Waals surface area contributed by atoms with Crippen LogP contribution in [0.25, 0.3) is 0 Å². The molecule has 0 saturated heterocycles. The van der Waals surface area contributed by atoms with E-state index >= 15 is 0 Å². The molecular formula is C14H14Cl2N2S. The fourth-order valence-electron chi connectivity index (χ4n) is 1.73. The summed E-state index contributed by atoms with van der Waals surface area (Å²) >= 11 is 13.8. The van der Waals surface area contributed by atoms with Crippen LogP contribution in [0.2, 0.25) is 10.0 Å². The van der Waals surface area contributed by atoms with Gasteiger partial charge in [0, 0.05) is 15.7 Å². The first-order chi connectivity index (χ1) is 9.10. The quantitative estimate of drug-likeness (QED) is 0.480. The van der Waals surface area contributed by atoms with Crippen LogP contribution in [0, 0.1) is 6.92 Å². The molecule has 0 heterocycles. The third-order valence-electron chi connectivity index (χ3n) is 2.69. The molecule has 19 heavy (non-hydrogen) atoms. The summed E-state index contributed by atoms with van der Waals surface area (Å²) in [5.41, 5.74) is 5.75. The van der Waals surface area contributed by atoms with Crippen molar-refractivity contribution in [1.29, 1.82) is 0 Å². The lowest BCUT2D eigenvalue weighted by atomic mass is 10.2. The highest BCUT2D eigenvalue weighted by Gasteiger charge is 2.07. The van der Waals surface area contributed by atoms with Crippen molar-refractivity contribution in [3.8, 4) is 0 Å². The summed E-state index contributed by atoms with van der Waals surface area (Å²) in [7, 11) is 0. The summed E-state index contributed by atoms with van der Waals surface area (Å²) in [6, 6.07) is 11.7. The van der Waals surface area contributed by atoms with E-state index in [2.05, 4.69) is 5.43 Å². The van der Waals surface area contributed by atoms with Crippen molar-refractivity contribution in [2.24, 2.45) is 5.84 Å². The maximum Gasteiger partial charge on any atom is 0.0565 e. The molecule has 0 aliphatic heterocycles. The van der Waals surface area contributed by atoms with E-state index in [1.807, 2.05) is 43.3 Å². The molecule has 0 unspecified atom stereocenters. The molecular weight excluding hydrogens is 299 g/mol. The summed E-state index contributed by atoms with van der Waals surface area (Å²) in [6.45, 7) is 2.02. The van der Waals surface area contributed by atoms with Crippen LogP contribution >= 0.6 is 35.0 Å². The maximum atomic E-state index is 6.27. The number of hydrogen-bond donors (Lipinski definition) is 2. The number of hydrogen-bond acceptors (Lipinski definition) is 3. The zero-order valence-electron chi connectivity index (χ0n) is 10.4. The molecule has 0 aromatic heterocycles. The van der Waals surface area contributed by atoms with Crippen molar-refractivity contribution in [1.82, 2.24) is 0 Å². The van der Waals surface area contributed by atoms with Crippen molar-refractivity contribution >= 4 is 40.7 Å². The Hall–Kier alpha value is -0.870. The van der Waals surface area contributed by atoms with E-state index in [9.17, 15) is 0 Å². The molecule has 0 spiro atoms. The first kappa shape index (κ1) is 14.5. The molecule has 2 aromatic rings. The Morgan fingerprint density at radius 1 is 1.16 bits per heavy atom. The number of thioether (sulfide) groups is 1. The number of anilines is 1. The van der Waals surface area contributed by atoms with E-state index in [1.165, 1.54) is 5.56 Å². The molecule has 0 atom stereocenters. The molecule has 0 bridgehead atoms. The smallest absolute Gasteiger partial charge is 0.0565 e. The molecule has 0 saturated carbocycles. The number of rotatable bonds is 4. The Bertz CT molecular complexity index is 547. The molecule has 0 radical (unpaired) electrons. The lowest BCUT2D eigenvalue weighted by Gasteiger charge is -2.10. The van der Waals surface area contributed by atoms with E-state index in [0.29, 0.717) is 5.02 Å². The molecule has 0 aliphatic carbocycles. The Labute approximate surface area is 127 Å². The molecule has 2 aromatic carbocycles. The van der Waals surface area contributed by atoms with Gasteiger partial charge in [0.15, 0.2) is 0 Å². The highest BCUT2D eigenvalue weighted by Crippen LogP contribution is 2.35. The van der Waals surface area contributed by atoms with Crippen LogP contribution in [0.4, 0.5) is 5.69 Å². The number of nitrogen functional groups attached to an aromatic ring is 1. The fraction of sp³-hybridized carbons (Fsp3) is 0.143. The Morgan fingerprint density at radius 2 is 1.84 bits per heavy atom. The highest BCUT2D eigenvalue weighted by molar-refractivity contribution is 7.98. The molecule has 0 amide bonds. The topological polar surface area (TPSA) is 38.0 Å². The Morgan fingerprint density at radius 3 is 2.42 bits per heavy atom. The monoisotopic (exact) mass is 312 g/mol. The number of nitrogens with two attached hydrogens (primary N) is 1. The summed E-state index contributed by atoms with van der Waals surface area (Å²) < 4.78 is 0. The number of halogens is 2. The third-order valence-corrected chi connectivity index (χ3v) is 4.66. The number of hydrazine groups is 1. The van der Waals surface area contributed by atoms with Crippen LogP contribution in [0.15, 0.2) is 41.3 Å². The summed E-state index contributed by atoms with van der Waals surface area (Å²) in [6.07, 6.45) is 0. The first-order valence-corrected chi connectivity index (χ1v) is 7.48. The maximum absolute atomic E-state index is 6.27. The summed E-state index contributed by atoms with van der Waals surface area (Å²) in [5, 5.41) is 1.47. The fourth-order valence-corrected chi connectivity index (χ4v) is 3.28. The lowest BCUT2D eigenvalue weighted by molar-refractivity contribution is 1.26. The van der Waals surface area contributed by atoms with Gasteiger partial charge in [-0.15, -0.1) is 11.8 Å². The second-order valence-corrected chi connectivity index (χ2v) is 5.99. The second kappa shape index (κ2) is 6.53. The van der Waals surface area contributed by atoms with E-state index in [4.69, 9.17) is 29.0 Å². The molecule has 2 rings (SSSR count). The van der Waals surface area contributed by atoms with Crippen LogP contribution in [0.1, 0.15) is 11.1 Å². The van der Waals surface area contributed by atoms with Crippen molar-refractivity contribution in [3.63, 3.8) is 0 Å². The number of nitrogens with one attached hydrogen (secondary N) is 1. The van der Waals surface area contributed by atoms with Crippen molar-refractivity contribution in [3.05, 3.63) is 57.6 Å². The minimum atomic E-state index is 0.715. The second-order valence-electron chi connectivity index (χ2n) is 4.16. The van der Waals surface area contributed by atoms with Crippen molar-refractivity contribution < 1.29 is 0 Å². The van der Waals surface area contributed by atoms with Gasteiger partial charge in [-0.2, -0.15) is 0 Å². The standard InChI is InChI=1S/C14H14Cl2N2S/c1-9-6-12(18-17)7-13(16)14(9)19-8-10-2-4-11(15)5-3-10/h2-7,18H,8,17H2,1H3. The Kier molecular flexibility index (Phi) is 4.99. The summed E-state index contributed by atoms with van der Waals surface area (Å²) in [4.78, 5) is 1.08. The zero-order valence-corrected chi connectivity index (χ0v) is 12.7. The Balaban J connectivity index is 2.13. The highest BCUT2D eigenvalue weighted by atomic mass is 35.5. The van der Waals surface area contributed by atoms with E-state index < -0.39 is 0 Å². The van der Waals surface area contributed by atoms with Gasteiger partial charge in [0.1, 0.15) is 0 Å². The van der Waals surface area contributed by atoms with E-state index in [0.717, 1.165) is 26.9 Å². The summed E-state index contributed by atoms with van der Waals surface area (Å²) in [5.74, 6) is 6.24. The van der Waals surface area contributed by atoms with Gasteiger partial charge in [0.25, 0.3) is 0 Å². The van der Waals surface area contributed by atoms with Gasteiger partial charge in [-0.25, -0.2) is 0 Å². The van der Waals surface area contributed by atoms with Gasteiger partial charge >= 0.3 is 0 Å².